The highest BCUT2D eigenvalue weighted by molar-refractivity contribution is 7.12. The van der Waals surface area contributed by atoms with E-state index in [2.05, 4.69) is 23.2 Å². The van der Waals surface area contributed by atoms with Crippen LogP contribution in [0.3, 0.4) is 0 Å². The van der Waals surface area contributed by atoms with Gasteiger partial charge in [-0.1, -0.05) is 0 Å². The average Bonchev–Trinajstić information content (AvgIpc) is 3.31. The Kier molecular flexibility index (Phi) is 4.92. The zero-order valence-electron chi connectivity index (χ0n) is 16.9. The van der Waals surface area contributed by atoms with Crippen LogP contribution in [-0.4, -0.2) is 18.6 Å². The Bertz CT molecular complexity index is 936. The van der Waals surface area contributed by atoms with E-state index in [4.69, 9.17) is 0 Å². The highest BCUT2D eigenvalue weighted by Gasteiger charge is 2.63. The Labute approximate surface area is 172 Å². The number of thiophene rings is 1. The predicted octanol–water partition coefficient (Wildman–Crippen LogP) is 5.91. The third-order valence-electron chi connectivity index (χ3n) is 6.09. The number of halogens is 3. The van der Waals surface area contributed by atoms with E-state index >= 15 is 0 Å². The first-order valence-corrected chi connectivity index (χ1v) is 10.7. The smallest absolute Gasteiger partial charge is 0.367 e. The maximum absolute atomic E-state index is 13.1. The van der Waals surface area contributed by atoms with Crippen LogP contribution >= 0.6 is 11.3 Å². The molecule has 1 fully saturated rings. The van der Waals surface area contributed by atoms with Gasteiger partial charge >= 0.3 is 6.18 Å². The Morgan fingerprint density at radius 1 is 1.17 bits per heavy atom. The first-order chi connectivity index (χ1) is 13.6. The SMILES string of the molecule is Cc1cc2c(s1)CCN(c1cc(C)c(NC(=O)CC3(C(F)(F)F)CC3)c(C)c1)C2. The number of nitrogens with zero attached hydrogens (tertiary/aromatic N) is 1. The summed E-state index contributed by atoms with van der Waals surface area (Å²) in [4.78, 5) is 17.4. The standard InChI is InChI=1S/C22H25F3N2OS/c1-13-8-17(27-7-4-18-16(12-27)10-15(3)29-18)9-14(2)20(13)26-19(28)11-21(5-6-21)22(23,24)25/h8-10H,4-7,11-12H2,1-3H3,(H,26,28). The lowest BCUT2D eigenvalue weighted by molar-refractivity contribution is -0.189. The molecule has 1 aliphatic carbocycles. The van der Waals surface area contributed by atoms with E-state index in [1.54, 1.807) is 0 Å². The van der Waals surface area contributed by atoms with E-state index in [1.165, 1.54) is 15.3 Å². The van der Waals surface area contributed by atoms with Gasteiger partial charge in [-0.15, -0.1) is 11.3 Å². The van der Waals surface area contributed by atoms with E-state index < -0.39 is 23.9 Å². The molecule has 0 unspecified atom stereocenters. The predicted molar refractivity (Wildman–Crippen MR) is 111 cm³/mol. The summed E-state index contributed by atoms with van der Waals surface area (Å²) in [5.41, 5.74) is 3.01. The number of aryl methyl sites for hydroxylation is 3. The van der Waals surface area contributed by atoms with Crippen molar-refractivity contribution >= 4 is 28.6 Å². The van der Waals surface area contributed by atoms with Gasteiger partial charge in [0, 0.05) is 40.6 Å². The number of amides is 1. The number of nitrogens with one attached hydrogen (secondary N) is 1. The number of benzene rings is 1. The number of hydrogen-bond acceptors (Lipinski definition) is 3. The molecule has 1 aliphatic heterocycles. The highest BCUT2D eigenvalue weighted by atomic mass is 32.1. The number of rotatable bonds is 4. The van der Waals surface area contributed by atoms with Gasteiger partial charge in [0.15, 0.2) is 0 Å². The second-order valence-corrected chi connectivity index (χ2v) is 9.78. The van der Waals surface area contributed by atoms with Crippen LogP contribution in [0.25, 0.3) is 0 Å². The molecule has 2 aliphatic rings. The van der Waals surface area contributed by atoms with E-state index in [1.807, 2.05) is 37.3 Å². The summed E-state index contributed by atoms with van der Waals surface area (Å²) in [6, 6.07) is 6.28. The summed E-state index contributed by atoms with van der Waals surface area (Å²) >= 11 is 1.86. The van der Waals surface area contributed by atoms with E-state index in [0.717, 1.165) is 36.3 Å². The molecule has 1 amide bonds. The summed E-state index contributed by atoms with van der Waals surface area (Å²) in [5, 5.41) is 2.74. The first kappa shape index (κ1) is 20.3. The minimum absolute atomic E-state index is 0.0415. The van der Waals surface area contributed by atoms with Crippen molar-refractivity contribution in [3.8, 4) is 0 Å². The van der Waals surface area contributed by atoms with Gasteiger partial charge < -0.3 is 10.2 Å². The summed E-state index contributed by atoms with van der Waals surface area (Å²) in [6.45, 7) is 7.72. The zero-order valence-corrected chi connectivity index (χ0v) is 17.7. The fourth-order valence-corrected chi connectivity index (χ4v) is 5.26. The van der Waals surface area contributed by atoms with Crippen LogP contribution in [0.2, 0.25) is 0 Å². The Morgan fingerprint density at radius 3 is 2.41 bits per heavy atom. The van der Waals surface area contributed by atoms with Crippen LogP contribution in [0, 0.1) is 26.2 Å². The summed E-state index contributed by atoms with van der Waals surface area (Å²) in [7, 11) is 0. The molecule has 0 saturated heterocycles. The second kappa shape index (κ2) is 7.04. The molecule has 1 N–H and O–H groups in total. The van der Waals surface area contributed by atoms with Crippen LogP contribution in [0.4, 0.5) is 24.5 Å². The van der Waals surface area contributed by atoms with E-state index in [-0.39, 0.29) is 12.8 Å². The molecule has 0 spiro atoms. The maximum Gasteiger partial charge on any atom is 0.395 e. The molecular weight excluding hydrogens is 397 g/mol. The number of fused-ring (bicyclic) bond motifs is 1. The van der Waals surface area contributed by atoms with E-state index in [0.29, 0.717) is 5.69 Å². The molecule has 2 heterocycles. The van der Waals surface area contributed by atoms with Crippen molar-refractivity contribution in [3.63, 3.8) is 0 Å². The van der Waals surface area contributed by atoms with Crippen molar-refractivity contribution < 1.29 is 18.0 Å². The molecule has 156 valence electrons. The maximum atomic E-state index is 13.1. The molecular formula is C22H25F3N2OS. The van der Waals surface area contributed by atoms with Crippen LogP contribution in [0.15, 0.2) is 18.2 Å². The minimum atomic E-state index is -4.31. The van der Waals surface area contributed by atoms with Gasteiger partial charge in [-0.3, -0.25) is 4.79 Å². The Hall–Kier alpha value is -2.02. The van der Waals surface area contributed by atoms with Crippen molar-refractivity contribution in [2.75, 3.05) is 16.8 Å². The van der Waals surface area contributed by atoms with Crippen LogP contribution < -0.4 is 10.2 Å². The normalized spacial score (nSPS) is 17.8. The summed E-state index contributed by atoms with van der Waals surface area (Å²) < 4.78 is 39.4. The van der Waals surface area contributed by atoms with Crippen molar-refractivity contribution in [1.82, 2.24) is 0 Å². The summed E-state index contributed by atoms with van der Waals surface area (Å²) in [5.74, 6) is -0.560. The van der Waals surface area contributed by atoms with Crippen LogP contribution in [0.5, 0.6) is 0 Å². The molecule has 0 atom stereocenters. The minimum Gasteiger partial charge on any atom is -0.367 e. The van der Waals surface area contributed by atoms with Crippen molar-refractivity contribution in [3.05, 3.63) is 44.6 Å². The van der Waals surface area contributed by atoms with Gasteiger partial charge in [-0.2, -0.15) is 13.2 Å². The molecule has 1 saturated carbocycles. The molecule has 3 nitrogen and oxygen atoms in total. The quantitative estimate of drug-likeness (QED) is 0.665. The fourth-order valence-electron chi connectivity index (χ4n) is 4.22. The van der Waals surface area contributed by atoms with E-state index in [9.17, 15) is 18.0 Å². The second-order valence-electron chi connectivity index (χ2n) is 8.43. The molecule has 29 heavy (non-hydrogen) atoms. The number of carbonyl (C=O) groups excluding carboxylic acids is 1. The Morgan fingerprint density at radius 2 is 1.83 bits per heavy atom. The zero-order chi connectivity index (χ0) is 21.0. The fraction of sp³-hybridized carbons (Fsp3) is 0.500. The average molecular weight is 423 g/mol. The Balaban J connectivity index is 1.49. The molecule has 2 aromatic rings. The lowest BCUT2D eigenvalue weighted by Gasteiger charge is -2.30. The van der Waals surface area contributed by atoms with Crippen molar-refractivity contribution in [2.45, 2.75) is 59.2 Å². The van der Waals surface area contributed by atoms with Crippen LogP contribution in [0.1, 0.15) is 45.7 Å². The van der Waals surface area contributed by atoms with Gasteiger partial charge in [-0.25, -0.2) is 0 Å². The molecule has 0 bridgehead atoms. The topological polar surface area (TPSA) is 32.3 Å². The van der Waals surface area contributed by atoms with Crippen molar-refractivity contribution in [1.29, 1.82) is 0 Å². The summed E-state index contributed by atoms with van der Waals surface area (Å²) in [6.07, 6.45) is -3.71. The first-order valence-electron chi connectivity index (χ1n) is 9.89. The highest BCUT2D eigenvalue weighted by Crippen LogP contribution is 2.60. The molecule has 0 radical (unpaired) electrons. The van der Waals surface area contributed by atoms with Gasteiger partial charge in [-0.05, 0) is 74.9 Å². The molecule has 7 heteroatoms. The number of alkyl halides is 3. The van der Waals surface area contributed by atoms with Crippen LogP contribution in [-0.2, 0) is 17.8 Å². The number of carbonyl (C=O) groups is 1. The van der Waals surface area contributed by atoms with Gasteiger partial charge in [0.1, 0.15) is 0 Å². The van der Waals surface area contributed by atoms with Crippen molar-refractivity contribution in [2.24, 2.45) is 5.41 Å². The van der Waals surface area contributed by atoms with Gasteiger partial charge in [0.2, 0.25) is 5.91 Å². The molecule has 4 rings (SSSR count). The van der Waals surface area contributed by atoms with Gasteiger partial charge in [0.25, 0.3) is 0 Å². The molecule has 1 aromatic carbocycles. The number of hydrogen-bond donors (Lipinski definition) is 1. The lowest BCUT2D eigenvalue weighted by atomic mass is 10.0. The monoisotopic (exact) mass is 422 g/mol. The van der Waals surface area contributed by atoms with Gasteiger partial charge in [0.05, 0.1) is 5.41 Å². The lowest BCUT2D eigenvalue weighted by Crippen LogP contribution is -2.30. The third kappa shape index (κ3) is 3.89. The molecule has 1 aromatic heterocycles. The third-order valence-corrected chi connectivity index (χ3v) is 7.24. The largest absolute Gasteiger partial charge is 0.395 e. The number of anilines is 2.